The Labute approximate surface area is 262 Å². The van der Waals surface area contributed by atoms with Crippen LogP contribution in [0.4, 0.5) is 0 Å². The molecule has 0 aromatic heterocycles. The van der Waals surface area contributed by atoms with E-state index in [0.29, 0.717) is 42.4 Å². The zero-order chi connectivity index (χ0) is 31.8. The van der Waals surface area contributed by atoms with Gasteiger partial charge < -0.3 is 49.6 Å². The lowest BCUT2D eigenvalue weighted by molar-refractivity contribution is -0.303. The van der Waals surface area contributed by atoms with Crippen LogP contribution in [0, 0.1) is 52.3 Å². The molecule has 10 heteroatoms. The lowest BCUT2D eigenvalue weighted by atomic mass is 9.44. The van der Waals surface area contributed by atoms with Crippen LogP contribution in [0.5, 0.6) is 0 Å². The van der Waals surface area contributed by atoms with Crippen molar-refractivity contribution in [2.75, 3.05) is 20.3 Å². The van der Waals surface area contributed by atoms with Crippen molar-refractivity contribution in [1.82, 2.24) is 0 Å². The quantitative estimate of drug-likeness (QED) is 0.236. The Morgan fingerprint density at radius 2 is 1.66 bits per heavy atom. The van der Waals surface area contributed by atoms with Crippen LogP contribution in [0.1, 0.15) is 85.5 Å². The molecule has 10 nitrogen and oxygen atoms in total. The normalized spacial score (nSPS) is 56.0. The third-order valence-corrected chi connectivity index (χ3v) is 14.1. The number of methoxy groups -OCH3 is 1. The van der Waals surface area contributed by atoms with E-state index in [4.69, 9.17) is 18.9 Å². The van der Waals surface area contributed by atoms with Crippen LogP contribution >= 0.6 is 0 Å². The van der Waals surface area contributed by atoms with Gasteiger partial charge in [0.25, 0.3) is 0 Å². The van der Waals surface area contributed by atoms with Gasteiger partial charge in [0, 0.05) is 19.4 Å². The highest BCUT2D eigenvalue weighted by atomic mass is 16.7. The minimum absolute atomic E-state index is 0.0877. The minimum atomic E-state index is -1.45. The van der Waals surface area contributed by atoms with Gasteiger partial charge in [-0.1, -0.05) is 27.7 Å². The molecule has 18 atom stereocenters. The summed E-state index contributed by atoms with van der Waals surface area (Å²) in [5.74, 6) is 2.37. The van der Waals surface area contributed by atoms with Crippen molar-refractivity contribution in [3.63, 3.8) is 0 Å². The number of hydrogen-bond acceptors (Lipinski definition) is 10. The number of hydrogen-bond donors (Lipinski definition) is 6. The summed E-state index contributed by atoms with van der Waals surface area (Å²) in [5, 5.41) is 61.0. The summed E-state index contributed by atoms with van der Waals surface area (Å²) in [6, 6.07) is 0. The maximum absolute atomic E-state index is 10.7. The molecule has 0 spiro atoms. The maximum atomic E-state index is 10.7. The summed E-state index contributed by atoms with van der Waals surface area (Å²) in [4.78, 5) is 0. The minimum Gasteiger partial charge on any atom is -0.394 e. The van der Waals surface area contributed by atoms with E-state index < -0.39 is 55.3 Å². The molecule has 4 saturated carbocycles. The van der Waals surface area contributed by atoms with Gasteiger partial charge in [-0.3, -0.25) is 0 Å². The fourth-order valence-corrected chi connectivity index (χ4v) is 11.6. The first kappa shape index (κ1) is 33.5. The van der Waals surface area contributed by atoms with Crippen LogP contribution in [0.3, 0.4) is 0 Å². The molecule has 44 heavy (non-hydrogen) atoms. The fourth-order valence-electron chi connectivity index (χ4n) is 11.6. The lowest BCUT2D eigenvalue weighted by Crippen LogP contribution is -2.59. The van der Waals surface area contributed by atoms with Crippen LogP contribution in [0.15, 0.2) is 0 Å². The molecule has 6 aliphatic rings. The predicted molar refractivity (Wildman–Crippen MR) is 160 cm³/mol. The molecular formula is C34H58O10. The first-order valence-electron chi connectivity index (χ1n) is 17.3. The Balaban J connectivity index is 1.08. The molecule has 2 aliphatic heterocycles. The van der Waals surface area contributed by atoms with Crippen molar-refractivity contribution in [1.29, 1.82) is 0 Å². The van der Waals surface area contributed by atoms with E-state index >= 15 is 0 Å². The van der Waals surface area contributed by atoms with Gasteiger partial charge >= 0.3 is 0 Å². The van der Waals surface area contributed by atoms with Crippen molar-refractivity contribution >= 4 is 0 Å². The second-order valence-corrected chi connectivity index (χ2v) is 16.2. The monoisotopic (exact) mass is 626 g/mol. The first-order valence-corrected chi connectivity index (χ1v) is 17.3. The van der Waals surface area contributed by atoms with E-state index in [1.165, 1.54) is 12.8 Å². The molecule has 0 aromatic carbocycles. The number of aliphatic hydroxyl groups is 6. The zero-order valence-electron chi connectivity index (χ0n) is 27.3. The summed E-state index contributed by atoms with van der Waals surface area (Å²) in [7, 11) is 1.76. The van der Waals surface area contributed by atoms with Crippen LogP contribution < -0.4 is 0 Å². The van der Waals surface area contributed by atoms with Gasteiger partial charge in [-0.2, -0.15) is 0 Å². The first-order chi connectivity index (χ1) is 20.8. The average Bonchev–Trinajstić information content (AvgIpc) is 3.45. The van der Waals surface area contributed by atoms with Gasteiger partial charge in [-0.15, -0.1) is 0 Å². The van der Waals surface area contributed by atoms with Gasteiger partial charge in [0.2, 0.25) is 0 Å². The van der Waals surface area contributed by atoms with E-state index in [9.17, 15) is 30.6 Å². The summed E-state index contributed by atoms with van der Waals surface area (Å²) >= 11 is 0. The summed E-state index contributed by atoms with van der Waals surface area (Å²) in [5.41, 5.74) is 0.274. The van der Waals surface area contributed by atoms with E-state index in [1.54, 1.807) is 7.11 Å². The summed E-state index contributed by atoms with van der Waals surface area (Å²) in [6.45, 7) is 9.07. The number of aliphatic hydroxyl groups excluding tert-OH is 6. The van der Waals surface area contributed by atoms with E-state index in [-0.39, 0.29) is 35.4 Å². The molecular weight excluding hydrogens is 568 g/mol. The number of rotatable bonds is 8. The van der Waals surface area contributed by atoms with Crippen molar-refractivity contribution in [3.05, 3.63) is 0 Å². The van der Waals surface area contributed by atoms with Gasteiger partial charge in [0.15, 0.2) is 12.1 Å². The molecule has 6 rings (SSSR count). The van der Waals surface area contributed by atoms with Gasteiger partial charge in [0.1, 0.15) is 24.4 Å². The van der Waals surface area contributed by atoms with Gasteiger partial charge in [0.05, 0.1) is 31.5 Å². The van der Waals surface area contributed by atoms with Gasteiger partial charge in [-0.25, -0.2) is 0 Å². The van der Waals surface area contributed by atoms with Crippen LogP contribution in [-0.4, -0.2) is 106 Å². The second kappa shape index (κ2) is 12.2. The van der Waals surface area contributed by atoms with Crippen molar-refractivity contribution in [3.8, 4) is 0 Å². The lowest BCUT2D eigenvalue weighted by Gasteiger charge is -2.61. The molecule has 0 aromatic rings. The maximum Gasteiger partial charge on any atom is 0.186 e. The smallest absolute Gasteiger partial charge is 0.186 e. The Morgan fingerprint density at radius 1 is 0.909 bits per heavy atom. The highest BCUT2D eigenvalue weighted by molar-refractivity contribution is 5.15. The fraction of sp³-hybridized carbons (Fsp3) is 1.00. The Kier molecular flexibility index (Phi) is 9.32. The van der Waals surface area contributed by atoms with E-state index in [0.717, 1.165) is 32.1 Å². The molecule has 2 saturated heterocycles. The van der Waals surface area contributed by atoms with E-state index in [1.807, 2.05) is 0 Å². The molecule has 1 unspecified atom stereocenters. The standard InChI is InChI=1S/C34H58O10/c1-17(16-42-31-30(40)29(39)28(38)26(15-35)43-31)8-11-34(41-5)18(2)27-25(44-34)13-22-20-7-6-19-12-23(36)24(37)14-33(19,4)21(20)9-10-32(22,27)3/h17-31,35-40H,6-16H2,1-5H3/t17-,18-,19+,20+,21-,22-,23+,24-,25-,26+,27-,28+,29-,30+,31+,32-,33-,34?/m0/s1. The Morgan fingerprint density at radius 3 is 2.36 bits per heavy atom. The molecule has 6 N–H and O–H groups in total. The van der Waals surface area contributed by atoms with Crippen LogP contribution in [-0.2, 0) is 18.9 Å². The Hall–Kier alpha value is -0.400. The highest BCUT2D eigenvalue weighted by Crippen LogP contribution is 2.71. The third kappa shape index (κ3) is 5.22. The third-order valence-electron chi connectivity index (χ3n) is 14.1. The molecule has 0 radical (unpaired) electrons. The molecule has 2 heterocycles. The topological polar surface area (TPSA) is 158 Å². The van der Waals surface area contributed by atoms with Crippen molar-refractivity contribution in [2.45, 2.75) is 140 Å². The summed E-state index contributed by atoms with van der Waals surface area (Å²) in [6.07, 6.45) is 1.27. The molecule has 0 amide bonds. The molecule has 254 valence electrons. The summed E-state index contributed by atoms with van der Waals surface area (Å²) < 4.78 is 24.5. The number of fused-ring (bicyclic) bond motifs is 7. The number of ether oxygens (including phenoxy) is 4. The van der Waals surface area contributed by atoms with Crippen molar-refractivity contribution < 1.29 is 49.6 Å². The largest absolute Gasteiger partial charge is 0.394 e. The van der Waals surface area contributed by atoms with Crippen LogP contribution in [0.25, 0.3) is 0 Å². The highest BCUT2D eigenvalue weighted by Gasteiger charge is 2.69. The van der Waals surface area contributed by atoms with Crippen molar-refractivity contribution in [2.24, 2.45) is 52.3 Å². The molecule has 0 bridgehead atoms. The predicted octanol–water partition coefficient (Wildman–Crippen LogP) is 2.20. The second-order valence-electron chi connectivity index (χ2n) is 16.2. The van der Waals surface area contributed by atoms with E-state index in [2.05, 4.69) is 27.7 Å². The zero-order valence-corrected chi connectivity index (χ0v) is 27.3. The average molecular weight is 627 g/mol. The molecule has 4 aliphatic carbocycles. The van der Waals surface area contributed by atoms with Gasteiger partial charge in [-0.05, 0) is 97.7 Å². The SMILES string of the molecule is COC1(CC[C@H](C)CO[C@@H]2O[C@H](CO)[C@@H](O)[C@H](O)[C@H]2O)O[C@H]2C[C@H]3[C@@H]4CC[C@@H]5C[C@@H](O)[C@@H](O)C[C@]5(C)[C@H]4CC[C@]3(C)[C@H]2[C@@H]1C. The van der Waals surface area contributed by atoms with Crippen LogP contribution in [0.2, 0.25) is 0 Å². The molecule has 6 fully saturated rings. The Bertz CT molecular complexity index is 1010.